The summed E-state index contributed by atoms with van der Waals surface area (Å²) in [5.74, 6) is -0.862. The first-order chi connectivity index (χ1) is 10.6. The van der Waals surface area contributed by atoms with E-state index in [4.69, 9.17) is 0 Å². The minimum Gasteiger partial charge on any atom is -0.363 e. The van der Waals surface area contributed by atoms with Crippen molar-refractivity contribution in [3.63, 3.8) is 0 Å². The highest BCUT2D eigenvalue weighted by molar-refractivity contribution is 8.16. The lowest BCUT2D eigenvalue weighted by atomic mass is 10.2. The summed E-state index contributed by atoms with van der Waals surface area (Å²) < 4.78 is 13.7. The number of para-hydroxylation sites is 1. The van der Waals surface area contributed by atoms with E-state index in [-0.39, 0.29) is 10.9 Å². The van der Waals surface area contributed by atoms with Crippen molar-refractivity contribution in [2.45, 2.75) is 12.3 Å². The normalized spacial score (nSPS) is 17.9. The predicted molar refractivity (Wildman–Crippen MR) is 85.5 cm³/mol. The number of hydrogen-bond donors (Lipinski definition) is 1. The molecule has 2 amide bonds. The molecule has 0 aromatic heterocycles. The lowest BCUT2D eigenvalue weighted by molar-refractivity contribution is -0.116. The Bertz CT molecular complexity index is 733. The number of aryl methyl sites for hydroxylation is 1. The molecular formula is C16H13FN2O2S. The lowest BCUT2D eigenvalue weighted by Gasteiger charge is -2.15. The molecule has 1 saturated heterocycles. The van der Waals surface area contributed by atoms with Gasteiger partial charge in [-0.05, 0) is 43.0 Å². The second kappa shape index (κ2) is 5.81. The van der Waals surface area contributed by atoms with Crippen molar-refractivity contribution in [2.24, 2.45) is 0 Å². The van der Waals surface area contributed by atoms with Crippen molar-refractivity contribution in [1.29, 1.82) is 0 Å². The summed E-state index contributed by atoms with van der Waals surface area (Å²) in [4.78, 5) is 25.6. The average molecular weight is 316 g/mol. The number of anilines is 2. The number of amides is 2. The van der Waals surface area contributed by atoms with Crippen LogP contribution < -0.4 is 10.2 Å². The molecule has 112 valence electrons. The van der Waals surface area contributed by atoms with E-state index in [2.05, 4.69) is 5.32 Å². The number of thioether (sulfide) groups is 1. The first-order valence-electron chi connectivity index (χ1n) is 6.68. The number of halogens is 1. The van der Waals surface area contributed by atoms with Gasteiger partial charge in [-0.1, -0.05) is 29.8 Å². The topological polar surface area (TPSA) is 49.4 Å². The van der Waals surface area contributed by atoms with Gasteiger partial charge in [0.15, 0.2) is 5.37 Å². The second-order valence-corrected chi connectivity index (χ2v) is 5.95. The number of benzene rings is 2. The molecule has 0 radical (unpaired) electrons. The third-order valence-electron chi connectivity index (χ3n) is 3.30. The average Bonchev–Trinajstić information content (AvgIpc) is 2.77. The predicted octanol–water partition coefficient (Wildman–Crippen LogP) is 3.77. The number of nitrogens with zero attached hydrogens (tertiary/aromatic N) is 1. The van der Waals surface area contributed by atoms with Crippen LogP contribution in [0.5, 0.6) is 0 Å². The molecule has 0 spiro atoms. The van der Waals surface area contributed by atoms with Gasteiger partial charge in [0.25, 0.3) is 11.1 Å². The molecule has 0 aliphatic carbocycles. The fourth-order valence-corrected chi connectivity index (χ4v) is 3.04. The summed E-state index contributed by atoms with van der Waals surface area (Å²) in [6.45, 7) is 1.93. The Balaban J connectivity index is 1.82. The first-order valence-corrected chi connectivity index (χ1v) is 7.56. The molecule has 1 N–H and O–H groups in total. The zero-order valence-electron chi connectivity index (χ0n) is 11.7. The molecule has 1 aliphatic heterocycles. The molecule has 3 rings (SSSR count). The molecule has 4 nitrogen and oxygen atoms in total. The van der Waals surface area contributed by atoms with Crippen molar-refractivity contribution >= 4 is 34.3 Å². The van der Waals surface area contributed by atoms with Crippen LogP contribution in [0.1, 0.15) is 5.56 Å². The minimum absolute atomic E-state index is 0.201. The van der Waals surface area contributed by atoms with Gasteiger partial charge in [-0.2, -0.15) is 0 Å². The van der Waals surface area contributed by atoms with Gasteiger partial charge in [0, 0.05) is 0 Å². The Morgan fingerprint density at radius 2 is 1.77 bits per heavy atom. The van der Waals surface area contributed by atoms with Crippen LogP contribution in [-0.4, -0.2) is 16.5 Å². The molecule has 1 fully saturated rings. The van der Waals surface area contributed by atoms with Crippen LogP contribution >= 0.6 is 11.8 Å². The van der Waals surface area contributed by atoms with E-state index in [0.717, 1.165) is 22.2 Å². The molecule has 1 atom stereocenters. The maximum absolute atomic E-state index is 13.7. The molecule has 0 unspecified atom stereocenters. The summed E-state index contributed by atoms with van der Waals surface area (Å²) in [6, 6.07) is 13.2. The third kappa shape index (κ3) is 2.69. The molecular weight excluding hydrogens is 303 g/mol. The summed E-state index contributed by atoms with van der Waals surface area (Å²) in [5.41, 5.74) is 1.76. The molecule has 22 heavy (non-hydrogen) atoms. The fraction of sp³-hybridized carbons (Fsp3) is 0.125. The first kappa shape index (κ1) is 14.6. The standard InChI is InChI=1S/C16H13FN2O2S/c1-10-6-8-11(9-7-10)19-15(20)14(22-16(19)21)18-13-5-3-2-4-12(13)17/h2-9,14,18H,1H3/t14-/m0/s1. The van der Waals surface area contributed by atoms with Crippen LogP contribution in [-0.2, 0) is 4.79 Å². The van der Waals surface area contributed by atoms with Crippen molar-refractivity contribution in [1.82, 2.24) is 0 Å². The second-order valence-electron chi connectivity index (χ2n) is 4.90. The van der Waals surface area contributed by atoms with Gasteiger partial charge in [-0.25, -0.2) is 9.29 Å². The van der Waals surface area contributed by atoms with Gasteiger partial charge < -0.3 is 5.32 Å². The molecule has 0 bridgehead atoms. The number of nitrogens with one attached hydrogen (secondary N) is 1. The number of carbonyl (C=O) groups is 2. The zero-order chi connectivity index (χ0) is 15.7. The van der Waals surface area contributed by atoms with E-state index in [1.54, 1.807) is 24.3 Å². The van der Waals surface area contributed by atoms with Crippen molar-refractivity contribution in [2.75, 3.05) is 10.2 Å². The van der Waals surface area contributed by atoms with Gasteiger partial charge in [-0.15, -0.1) is 0 Å². The summed E-state index contributed by atoms with van der Waals surface area (Å²) in [7, 11) is 0. The minimum atomic E-state index is -0.828. The Morgan fingerprint density at radius 3 is 2.45 bits per heavy atom. The largest absolute Gasteiger partial charge is 0.363 e. The van der Waals surface area contributed by atoms with E-state index >= 15 is 0 Å². The van der Waals surface area contributed by atoms with Gasteiger partial charge in [0.2, 0.25) is 0 Å². The molecule has 2 aromatic rings. The van der Waals surface area contributed by atoms with Crippen molar-refractivity contribution in [3.8, 4) is 0 Å². The highest BCUT2D eigenvalue weighted by Crippen LogP contribution is 2.32. The van der Waals surface area contributed by atoms with Gasteiger partial charge in [0.05, 0.1) is 11.4 Å². The van der Waals surface area contributed by atoms with Crippen LogP contribution in [0.2, 0.25) is 0 Å². The van der Waals surface area contributed by atoms with Gasteiger partial charge in [-0.3, -0.25) is 9.59 Å². The van der Waals surface area contributed by atoms with E-state index in [1.807, 2.05) is 19.1 Å². The van der Waals surface area contributed by atoms with Gasteiger partial charge >= 0.3 is 0 Å². The van der Waals surface area contributed by atoms with Crippen LogP contribution in [0.3, 0.4) is 0 Å². The van der Waals surface area contributed by atoms with Crippen LogP contribution in [0, 0.1) is 12.7 Å². The maximum atomic E-state index is 13.7. The highest BCUT2D eigenvalue weighted by Gasteiger charge is 2.40. The monoisotopic (exact) mass is 316 g/mol. The van der Waals surface area contributed by atoms with Crippen LogP contribution in [0.15, 0.2) is 48.5 Å². The molecule has 1 aliphatic rings. The maximum Gasteiger partial charge on any atom is 0.295 e. The summed E-state index contributed by atoms with van der Waals surface area (Å²) in [6.07, 6.45) is 0. The van der Waals surface area contributed by atoms with Crippen LogP contribution in [0.4, 0.5) is 20.6 Å². The highest BCUT2D eigenvalue weighted by atomic mass is 32.2. The number of rotatable bonds is 3. The number of carbonyl (C=O) groups excluding carboxylic acids is 2. The third-order valence-corrected chi connectivity index (χ3v) is 4.24. The van der Waals surface area contributed by atoms with E-state index in [1.165, 1.54) is 12.1 Å². The summed E-state index contributed by atoms with van der Waals surface area (Å²) in [5, 5.41) is 1.58. The van der Waals surface area contributed by atoms with Gasteiger partial charge in [0.1, 0.15) is 5.82 Å². The molecule has 1 heterocycles. The smallest absolute Gasteiger partial charge is 0.295 e. The number of imide groups is 1. The Hall–Kier alpha value is -2.34. The molecule has 0 saturated carbocycles. The zero-order valence-corrected chi connectivity index (χ0v) is 12.6. The molecule has 6 heteroatoms. The van der Waals surface area contributed by atoms with E-state index < -0.39 is 17.1 Å². The van der Waals surface area contributed by atoms with Crippen molar-refractivity contribution < 1.29 is 14.0 Å². The van der Waals surface area contributed by atoms with Crippen LogP contribution in [0.25, 0.3) is 0 Å². The Kier molecular flexibility index (Phi) is 3.85. The fourth-order valence-electron chi connectivity index (χ4n) is 2.15. The van der Waals surface area contributed by atoms with E-state index in [9.17, 15) is 14.0 Å². The number of hydrogen-bond acceptors (Lipinski definition) is 4. The Labute approximate surface area is 131 Å². The molecule has 2 aromatic carbocycles. The SMILES string of the molecule is Cc1ccc(N2C(=O)S[C@H](Nc3ccccc3F)C2=O)cc1. The van der Waals surface area contributed by atoms with Crippen molar-refractivity contribution in [3.05, 3.63) is 59.9 Å². The quantitative estimate of drug-likeness (QED) is 0.936. The lowest BCUT2D eigenvalue weighted by Crippen LogP contribution is -2.34. The Morgan fingerprint density at radius 1 is 1.09 bits per heavy atom. The van der Waals surface area contributed by atoms with E-state index in [0.29, 0.717) is 5.69 Å². The summed E-state index contributed by atoms with van der Waals surface area (Å²) >= 11 is 0.844.